The lowest BCUT2D eigenvalue weighted by molar-refractivity contribution is -0.174. The minimum atomic E-state index is -4.39. The predicted molar refractivity (Wildman–Crippen MR) is 84.0 cm³/mol. The van der Waals surface area contributed by atoms with Gasteiger partial charge in [-0.25, -0.2) is 0 Å². The van der Waals surface area contributed by atoms with Crippen molar-refractivity contribution < 1.29 is 22.7 Å². The van der Waals surface area contributed by atoms with Gasteiger partial charge >= 0.3 is 6.18 Å². The van der Waals surface area contributed by atoms with Crippen molar-refractivity contribution in [2.24, 2.45) is 0 Å². The molecule has 0 aliphatic carbocycles. The highest BCUT2D eigenvalue weighted by Gasteiger charge is 2.27. The van der Waals surface area contributed by atoms with E-state index in [9.17, 15) is 18.0 Å². The number of halogens is 3. The van der Waals surface area contributed by atoms with Crippen LogP contribution < -0.4 is 5.32 Å². The molecule has 0 radical (unpaired) electrons. The van der Waals surface area contributed by atoms with Gasteiger partial charge in [0.05, 0.1) is 13.0 Å². The van der Waals surface area contributed by atoms with Crippen molar-refractivity contribution >= 4 is 22.4 Å². The predicted octanol–water partition coefficient (Wildman–Crippen LogP) is 3.34. The molecule has 0 bridgehead atoms. The minimum Gasteiger partial charge on any atom is -0.372 e. The number of carbonyl (C=O) groups excluding carboxylic acids is 1. The zero-order valence-corrected chi connectivity index (χ0v) is 13.7. The fraction of sp³-hybridized carbons (Fsp3) is 0.400. The Morgan fingerprint density at radius 3 is 2.62 bits per heavy atom. The molecule has 5 nitrogen and oxygen atoms in total. The summed E-state index contributed by atoms with van der Waals surface area (Å²) in [4.78, 5) is 11.6. The van der Waals surface area contributed by atoms with Gasteiger partial charge in [0.25, 0.3) is 0 Å². The van der Waals surface area contributed by atoms with Crippen molar-refractivity contribution in [1.29, 1.82) is 0 Å². The molecule has 1 aromatic heterocycles. The second-order valence-corrected chi connectivity index (χ2v) is 6.19. The number of benzene rings is 1. The Labute approximate surface area is 140 Å². The average Bonchev–Trinajstić information content (AvgIpc) is 2.92. The molecule has 9 heteroatoms. The SMILES string of the molecule is Cc1ccc(Cc2nnc(NC(=O)CCOCC(F)(F)F)s2)cc1. The van der Waals surface area contributed by atoms with Crippen LogP contribution in [0.1, 0.15) is 22.6 Å². The molecule has 2 aromatic rings. The molecule has 0 fully saturated rings. The summed E-state index contributed by atoms with van der Waals surface area (Å²) in [6.45, 7) is 0.334. The summed E-state index contributed by atoms with van der Waals surface area (Å²) in [5, 5.41) is 11.4. The van der Waals surface area contributed by atoms with E-state index in [2.05, 4.69) is 20.3 Å². The molecular weight excluding hydrogens is 343 g/mol. The van der Waals surface area contributed by atoms with Gasteiger partial charge in [0.2, 0.25) is 11.0 Å². The van der Waals surface area contributed by atoms with Crippen LogP contribution in [0.15, 0.2) is 24.3 Å². The Morgan fingerprint density at radius 1 is 1.25 bits per heavy atom. The fourth-order valence-corrected chi connectivity index (χ4v) is 2.58. The molecule has 2 rings (SSSR count). The number of nitrogens with one attached hydrogen (secondary N) is 1. The summed E-state index contributed by atoms with van der Waals surface area (Å²) in [5.74, 6) is -0.463. The quantitative estimate of drug-likeness (QED) is 0.770. The van der Waals surface area contributed by atoms with Gasteiger partial charge in [-0.05, 0) is 12.5 Å². The number of nitrogens with zero attached hydrogens (tertiary/aromatic N) is 2. The van der Waals surface area contributed by atoms with Crippen molar-refractivity contribution in [3.05, 3.63) is 40.4 Å². The van der Waals surface area contributed by atoms with E-state index >= 15 is 0 Å². The lowest BCUT2D eigenvalue weighted by Crippen LogP contribution is -2.20. The smallest absolute Gasteiger partial charge is 0.372 e. The number of ether oxygens (including phenoxy) is 1. The number of aromatic nitrogens is 2. The summed E-state index contributed by atoms with van der Waals surface area (Å²) < 4.78 is 40.0. The zero-order valence-electron chi connectivity index (χ0n) is 12.9. The Morgan fingerprint density at radius 2 is 1.96 bits per heavy atom. The topological polar surface area (TPSA) is 64.1 Å². The van der Waals surface area contributed by atoms with Gasteiger partial charge in [-0.2, -0.15) is 13.2 Å². The normalized spacial score (nSPS) is 11.5. The maximum absolute atomic E-state index is 11.9. The monoisotopic (exact) mass is 359 g/mol. The number of amides is 1. The Kier molecular flexibility index (Phi) is 6.27. The molecule has 0 aliphatic rings. The van der Waals surface area contributed by atoms with Gasteiger partial charge in [-0.1, -0.05) is 41.2 Å². The van der Waals surface area contributed by atoms with Crippen LogP contribution in [0.25, 0.3) is 0 Å². The number of anilines is 1. The van der Waals surface area contributed by atoms with Crippen LogP contribution in [0, 0.1) is 6.92 Å². The van der Waals surface area contributed by atoms with Gasteiger partial charge in [0.15, 0.2) is 0 Å². The highest BCUT2D eigenvalue weighted by Crippen LogP contribution is 2.19. The van der Waals surface area contributed by atoms with E-state index < -0.39 is 18.7 Å². The molecule has 24 heavy (non-hydrogen) atoms. The largest absolute Gasteiger partial charge is 0.411 e. The van der Waals surface area contributed by atoms with Gasteiger partial charge in [-0.3, -0.25) is 4.79 Å². The minimum absolute atomic E-state index is 0.178. The van der Waals surface area contributed by atoms with E-state index in [1.807, 2.05) is 31.2 Å². The second-order valence-electron chi connectivity index (χ2n) is 5.13. The first kappa shape index (κ1) is 18.3. The summed E-state index contributed by atoms with van der Waals surface area (Å²) >= 11 is 1.23. The fourth-order valence-electron chi connectivity index (χ4n) is 1.79. The van der Waals surface area contributed by atoms with Gasteiger partial charge in [0.1, 0.15) is 11.6 Å². The van der Waals surface area contributed by atoms with Crippen molar-refractivity contribution in [1.82, 2.24) is 10.2 Å². The first-order valence-corrected chi connectivity index (χ1v) is 7.96. The van der Waals surface area contributed by atoms with Gasteiger partial charge in [0, 0.05) is 6.42 Å². The molecule has 1 amide bonds. The standard InChI is InChI=1S/C15H16F3N3O2S/c1-10-2-4-11(5-3-10)8-13-20-21-14(24-13)19-12(22)6-7-23-9-15(16,17)18/h2-5H,6-9H2,1H3,(H,19,21,22). The number of alkyl halides is 3. The molecule has 0 atom stereocenters. The first-order chi connectivity index (χ1) is 11.3. The van der Waals surface area contributed by atoms with E-state index in [0.717, 1.165) is 16.1 Å². The third-order valence-corrected chi connectivity index (χ3v) is 3.77. The third-order valence-electron chi connectivity index (χ3n) is 2.93. The van der Waals surface area contributed by atoms with Crippen LogP contribution in [0.3, 0.4) is 0 Å². The highest BCUT2D eigenvalue weighted by molar-refractivity contribution is 7.15. The van der Waals surface area contributed by atoms with Crippen molar-refractivity contribution in [2.45, 2.75) is 25.9 Å². The molecule has 0 saturated carbocycles. The average molecular weight is 359 g/mol. The number of hydrogen-bond donors (Lipinski definition) is 1. The zero-order chi connectivity index (χ0) is 17.6. The first-order valence-electron chi connectivity index (χ1n) is 7.14. The van der Waals surface area contributed by atoms with Crippen LogP contribution in [0.4, 0.5) is 18.3 Å². The Balaban J connectivity index is 1.76. The van der Waals surface area contributed by atoms with Crippen LogP contribution >= 0.6 is 11.3 Å². The van der Waals surface area contributed by atoms with E-state index in [1.54, 1.807) is 0 Å². The maximum atomic E-state index is 11.9. The van der Waals surface area contributed by atoms with E-state index in [0.29, 0.717) is 11.6 Å². The number of hydrogen-bond acceptors (Lipinski definition) is 5. The second kappa shape index (κ2) is 8.20. The lowest BCUT2D eigenvalue weighted by Gasteiger charge is -2.06. The van der Waals surface area contributed by atoms with Crippen LogP contribution in [0.5, 0.6) is 0 Å². The van der Waals surface area contributed by atoms with Gasteiger partial charge in [-0.15, -0.1) is 10.2 Å². The van der Waals surface area contributed by atoms with E-state index in [1.165, 1.54) is 11.3 Å². The lowest BCUT2D eigenvalue weighted by atomic mass is 10.1. The Hall–Kier alpha value is -2.00. The highest BCUT2D eigenvalue weighted by atomic mass is 32.1. The van der Waals surface area contributed by atoms with Crippen molar-refractivity contribution in [2.75, 3.05) is 18.5 Å². The molecule has 0 spiro atoms. The van der Waals surface area contributed by atoms with Crippen molar-refractivity contribution in [3.8, 4) is 0 Å². The summed E-state index contributed by atoms with van der Waals surface area (Å²) in [5.41, 5.74) is 2.24. The van der Waals surface area contributed by atoms with Crippen LogP contribution in [-0.4, -0.2) is 35.5 Å². The number of aryl methyl sites for hydroxylation is 1. The molecule has 0 saturated heterocycles. The molecule has 1 heterocycles. The Bertz CT molecular complexity index is 671. The number of rotatable bonds is 7. The van der Waals surface area contributed by atoms with Crippen LogP contribution in [0.2, 0.25) is 0 Å². The molecular formula is C15H16F3N3O2S. The maximum Gasteiger partial charge on any atom is 0.411 e. The third kappa shape index (κ3) is 6.63. The summed E-state index contributed by atoms with van der Waals surface area (Å²) in [7, 11) is 0. The summed E-state index contributed by atoms with van der Waals surface area (Å²) in [6, 6.07) is 7.99. The molecule has 0 unspecified atom stereocenters. The molecule has 130 valence electrons. The summed E-state index contributed by atoms with van der Waals surface area (Å²) in [6.07, 6.45) is -3.97. The van der Waals surface area contributed by atoms with E-state index in [-0.39, 0.29) is 13.0 Å². The molecule has 0 aliphatic heterocycles. The van der Waals surface area contributed by atoms with Crippen LogP contribution in [-0.2, 0) is 16.0 Å². The molecule has 1 N–H and O–H groups in total. The van der Waals surface area contributed by atoms with E-state index in [4.69, 9.17) is 0 Å². The van der Waals surface area contributed by atoms with Crippen molar-refractivity contribution in [3.63, 3.8) is 0 Å². The van der Waals surface area contributed by atoms with Gasteiger partial charge < -0.3 is 10.1 Å². The number of carbonyl (C=O) groups is 1. The molecule has 1 aromatic carbocycles.